The Morgan fingerprint density at radius 3 is 2.72 bits per heavy atom. The van der Waals surface area contributed by atoms with Crippen LogP contribution >= 0.6 is 0 Å². The number of carbonyl (C=O) groups is 2. The molecule has 18 heavy (non-hydrogen) atoms. The third kappa shape index (κ3) is 2.09. The van der Waals surface area contributed by atoms with Gasteiger partial charge in [0.1, 0.15) is 6.04 Å². The van der Waals surface area contributed by atoms with Crippen LogP contribution in [0.4, 0.5) is 5.69 Å². The third-order valence-electron chi connectivity index (χ3n) is 3.16. The van der Waals surface area contributed by atoms with Gasteiger partial charge in [0.05, 0.1) is 5.54 Å². The molecule has 4 N–H and O–H groups in total. The van der Waals surface area contributed by atoms with Gasteiger partial charge in [-0.1, -0.05) is 17.7 Å². The van der Waals surface area contributed by atoms with Crippen molar-refractivity contribution in [3.05, 3.63) is 29.3 Å². The van der Waals surface area contributed by atoms with Crippen molar-refractivity contribution in [3.63, 3.8) is 0 Å². The van der Waals surface area contributed by atoms with Crippen molar-refractivity contribution in [2.75, 3.05) is 5.32 Å². The maximum atomic E-state index is 11.9. The lowest BCUT2D eigenvalue weighted by Gasteiger charge is -2.26. The Morgan fingerprint density at radius 2 is 2.11 bits per heavy atom. The average Bonchev–Trinajstić information content (AvgIpc) is 2.55. The van der Waals surface area contributed by atoms with Crippen molar-refractivity contribution in [3.8, 4) is 0 Å². The van der Waals surface area contributed by atoms with Crippen molar-refractivity contribution in [1.29, 1.82) is 0 Å². The zero-order valence-corrected chi connectivity index (χ0v) is 10.7. The highest BCUT2D eigenvalue weighted by atomic mass is 16.2. The molecule has 0 spiro atoms. The summed E-state index contributed by atoms with van der Waals surface area (Å²) in [5.74, 6) is -0.652. The number of fused-ring (bicyclic) bond motifs is 1. The molecule has 2 amide bonds. The number of nitrogens with two attached hydrogens (primary N) is 1. The van der Waals surface area contributed by atoms with Gasteiger partial charge in [-0.05, 0) is 26.8 Å². The summed E-state index contributed by atoms with van der Waals surface area (Å²) >= 11 is 0. The molecule has 1 aromatic rings. The van der Waals surface area contributed by atoms with E-state index in [1.54, 1.807) is 13.8 Å². The molecule has 1 aromatic carbocycles. The van der Waals surface area contributed by atoms with Crippen molar-refractivity contribution >= 4 is 17.5 Å². The molecule has 5 nitrogen and oxygen atoms in total. The van der Waals surface area contributed by atoms with E-state index in [1.807, 2.05) is 25.1 Å². The van der Waals surface area contributed by atoms with Gasteiger partial charge in [-0.25, -0.2) is 0 Å². The molecule has 0 saturated carbocycles. The van der Waals surface area contributed by atoms with Crippen molar-refractivity contribution in [2.24, 2.45) is 5.73 Å². The average molecular weight is 247 g/mol. The number of hydrogen-bond donors (Lipinski definition) is 3. The summed E-state index contributed by atoms with van der Waals surface area (Å²) in [6.45, 7) is 5.28. The van der Waals surface area contributed by atoms with Crippen LogP contribution in [0.1, 0.15) is 31.0 Å². The molecule has 1 unspecified atom stereocenters. The number of hydrogen-bond acceptors (Lipinski definition) is 3. The number of anilines is 1. The van der Waals surface area contributed by atoms with Crippen LogP contribution in [-0.4, -0.2) is 17.4 Å². The van der Waals surface area contributed by atoms with E-state index < -0.39 is 17.5 Å². The molecule has 0 radical (unpaired) electrons. The summed E-state index contributed by atoms with van der Waals surface area (Å²) in [6, 6.07) is 5.19. The van der Waals surface area contributed by atoms with Gasteiger partial charge in [0, 0.05) is 11.3 Å². The molecule has 1 heterocycles. The van der Waals surface area contributed by atoms with Crippen molar-refractivity contribution in [2.45, 2.75) is 32.4 Å². The van der Waals surface area contributed by atoms with Crippen LogP contribution in [0.3, 0.4) is 0 Å². The van der Waals surface area contributed by atoms with Gasteiger partial charge >= 0.3 is 0 Å². The van der Waals surface area contributed by atoms with Crippen LogP contribution in [-0.2, 0) is 9.59 Å². The molecular weight excluding hydrogens is 230 g/mol. The monoisotopic (exact) mass is 247 g/mol. The quantitative estimate of drug-likeness (QED) is 0.740. The molecule has 0 fully saturated rings. The van der Waals surface area contributed by atoms with Crippen LogP contribution in [0.5, 0.6) is 0 Å². The maximum absolute atomic E-state index is 11.9. The normalized spacial score (nSPS) is 18.4. The lowest BCUT2D eigenvalue weighted by Crippen LogP contribution is -2.53. The lowest BCUT2D eigenvalue weighted by atomic mass is 9.99. The van der Waals surface area contributed by atoms with Gasteiger partial charge in [-0.2, -0.15) is 0 Å². The van der Waals surface area contributed by atoms with Gasteiger partial charge in [-0.3, -0.25) is 14.9 Å². The SMILES string of the molecule is Cc1ccc2c(c1)C(NC(C)(C)C(N)=O)C(=O)N2. The smallest absolute Gasteiger partial charge is 0.246 e. The van der Waals surface area contributed by atoms with E-state index in [1.165, 1.54) is 0 Å². The molecule has 96 valence electrons. The zero-order chi connectivity index (χ0) is 13.5. The van der Waals surface area contributed by atoms with E-state index in [0.29, 0.717) is 0 Å². The molecule has 0 aliphatic carbocycles. The van der Waals surface area contributed by atoms with Gasteiger partial charge < -0.3 is 11.1 Å². The summed E-state index contributed by atoms with van der Waals surface area (Å²) in [4.78, 5) is 23.2. The van der Waals surface area contributed by atoms with Gasteiger partial charge in [0.25, 0.3) is 0 Å². The highest BCUT2D eigenvalue weighted by Crippen LogP contribution is 2.32. The third-order valence-corrected chi connectivity index (χ3v) is 3.16. The number of nitrogens with one attached hydrogen (secondary N) is 2. The van der Waals surface area contributed by atoms with Crippen LogP contribution < -0.4 is 16.4 Å². The minimum Gasteiger partial charge on any atom is -0.368 e. The fourth-order valence-electron chi connectivity index (χ4n) is 1.96. The number of aryl methyl sites for hydroxylation is 1. The number of carbonyl (C=O) groups excluding carboxylic acids is 2. The van der Waals surface area contributed by atoms with E-state index in [4.69, 9.17) is 5.73 Å². The zero-order valence-electron chi connectivity index (χ0n) is 10.7. The summed E-state index contributed by atoms with van der Waals surface area (Å²) in [5.41, 5.74) is 7.07. The predicted octanol–water partition coefficient (Wildman–Crippen LogP) is 0.842. The molecule has 5 heteroatoms. The molecule has 0 saturated heterocycles. The van der Waals surface area contributed by atoms with Gasteiger partial charge in [0.2, 0.25) is 11.8 Å². The first-order valence-electron chi connectivity index (χ1n) is 5.80. The van der Waals surface area contributed by atoms with Crippen LogP contribution in [0.15, 0.2) is 18.2 Å². The Bertz CT molecular complexity index is 523. The fourth-order valence-corrected chi connectivity index (χ4v) is 1.96. The second kappa shape index (κ2) is 4.10. The number of benzene rings is 1. The maximum Gasteiger partial charge on any atom is 0.246 e. The summed E-state index contributed by atoms with van der Waals surface area (Å²) in [6.07, 6.45) is 0. The van der Waals surface area contributed by atoms with Crippen LogP contribution in [0.25, 0.3) is 0 Å². The standard InChI is InChI=1S/C13H17N3O2/c1-7-4-5-9-8(6-7)10(11(17)15-9)16-13(2,3)12(14)18/h4-6,10,16H,1-3H3,(H2,14,18)(H,15,17). The fraction of sp³-hybridized carbons (Fsp3) is 0.385. The van der Waals surface area contributed by atoms with E-state index in [2.05, 4.69) is 10.6 Å². The highest BCUT2D eigenvalue weighted by molar-refractivity contribution is 6.03. The number of amides is 2. The van der Waals surface area contributed by atoms with Crippen molar-refractivity contribution in [1.82, 2.24) is 5.32 Å². The molecule has 1 aliphatic rings. The van der Waals surface area contributed by atoms with Gasteiger partial charge in [-0.15, -0.1) is 0 Å². The Morgan fingerprint density at radius 1 is 1.44 bits per heavy atom. The number of primary amides is 1. The predicted molar refractivity (Wildman–Crippen MR) is 69.0 cm³/mol. The van der Waals surface area contributed by atoms with Crippen LogP contribution in [0.2, 0.25) is 0 Å². The topological polar surface area (TPSA) is 84.2 Å². The molecule has 2 rings (SSSR count). The Kier molecular flexibility index (Phi) is 2.86. The highest BCUT2D eigenvalue weighted by Gasteiger charge is 2.36. The Balaban J connectivity index is 2.33. The Hall–Kier alpha value is -1.88. The van der Waals surface area contributed by atoms with Crippen molar-refractivity contribution < 1.29 is 9.59 Å². The minimum absolute atomic E-state index is 0.162. The largest absolute Gasteiger partial charge is 0.368 e. The van der Waals surface area contributed by atoms with E-state index in [9.17, 15) is 9.59 Å². The molecule has 1 aliphatic heterocycles. The summed E-state index contributed by atoms with van der Waals surface area (Å²) in [5, 5.41) is 5.78. The van der Waals surface area contributed by atoms with E-state index >= 15 is 0 Å². The molecule has 0 aromatic heterocycles. The molecule has 1 atom stereocenters. The van der Waals surface area contributed by atoms with E-state index in [-0.39, 0.29) is 5.91 Å². The van der Waals surface area contributed by atoms with Crippen LogP contribution in [0, 0.1) is 6.92 Å². The first-order valence-corrected chi connectivity index (χ1v) is 5.80. The second-order valence-electron chi connectivity index (χ2n) is 5.15. The Labute approximate surface area is 106 Å². The van der Waals surface area contributed by atoms with Gasteiger partial charge in [0.15, 0.2) is 0 Å². The first kappa shape index (κ1) is 12.6. The van der Waals surface area contributed by atoms with E-state index in [0.717, 1.165) is 16.8 Å². The summed E-state index contributed by atoms with van der Waals surface area (Å²) < 4.78 is 0. The number of rotatable bonds is 3. The minimum atomic E-state index is -0.937. The lowest BCUT2D eigenvalue weighted by molar-refractivity contribution is -0.124. The second-order valence-corrected chi connectivity index (χ2v) is 5.15. The first-order chi connectivity index (χ1) is 8.31. The molecule has 0 bridgehead atoms. The summed E-state index contributed by atoms with van der Waals surface area (Å²) in [7, 11) is 0. The molecular formula is C13H17N3O2.